The molecule has 1 aliphatic heterocycles. The van der Waals surface area contributed by atoms with Crippen LogP contribution in [0.25, 0.3) is 0 Å². The minimum atomic E-state index is -0.886. The van der Waals surface area contributed by atoms with Crippen molar-refractivity contribution in [2.75, 3.05) is 106 Å². The van der Waals surface area contributed by atoms with Gasteiger partial charge in [0.15, 0.2) is 0 Å². The lowest BCUT2D eigenvalue weighted by Crippen LogP contribution is -2.32. The lowest BCUT2D eigenvalue weighted by molar-refractivity contribution is -0.198. The number of carboxylic acid groups (broad SMARTS) is 1. The molecule has 1 saturated heterocycles. The lowest BCUT2D eigenvalue weighted by Gasteiger charge is -2.12. The maximum absolute atomic E-state index is 11.6. The summed E-state index contributed by atoms with van der Waals surface area (Å²) in [4.78, 5) is 49.3. The molecular formula is C24H41NO14. The molecule has 0 radical (unpaired) electrons. The number of carboxylic acids is 1. The molecule has 1 N–H and O–H groups in total. The number of ether oxygens (including phenoxy) is 8. The van der Waals surface area contributed by atoms with Crippen molar-refractivity contribution in [3.05, 3.63) is 0 Å². The second-order valence-corrected chi connectivity index (χ2v) is 7.84. The molecule has 1 rings (SSSR count). The van der Waals surface area contributed by atoms with Crippen molar-refractivity contribution in [3.63, 3.8) is 0 Å². The van der Waals surface area contributed by atoms with Gasteiger partial charge >= 0.3 is 11.9 Å². The largest absolute Gasteiger partial charge is 0.481 e. The van der Waals surface area contributed by atoms with E-state index in [9.17, 15) is 19.2 Å². The molecule has 226 valence electrons. The summed E-state index contributed by atoms with van der Waals surface area (Å²) in [6, 6.07) is 0. The van der Waals surface area contributed by atoms with Crippen molar-refractivity contribution in [1.82, 2.24) is 5.06 Å². The fourth-order valence-electron chi connectivity index (χ4n) is 2.76. The van der Waals surface area contributed by atoms with Crippen molar-refractivity contribution >= 4 is 23.8 Å². The summed E-state index contributed by atoms with van der Waals surface area (Å²) in [5, 5.41) is 8.97. The van der Waals surface area contributed by atoms with Crippen LogP contribution in [0.1, 0.15) is 25.7 Å². The minimum Gasteiger partial charge on any atom is -0.481 e. The van der Waals surface area contributed by atoms with Gasteiger partial charge in [-0.15, -0.1) is 5.06 Å². The first-order chi connectivity index (χ1) is 19.0. The molecule has 15 heteroatoms. The van der Waals surface area contributed by atoms with Crippen LogP contribution in [0.2, 0.25) is 0 Å². The topological polar surface area (TPSA) is 175 Å². The van der Waals surface area contributed by atoms with Gasteiger partial charge < -0.3 is 47.8 Å². The summed E-state index contributed by atoms with van der Waals surface area (Å²) in [6.45, 7) is 5.93. The van der Waals surface area contributed by atoms with Crippen molar-refractivity contribution in [2.45, 2.75) is 25.7 Å². The summed E-state index contributed by atoms with van der Waals surface area (Å²) in [6.07, 6.45) is 0.0212. The molecule has 0 bridgehead atoms. The van der Waals surface area contributed by atoms with Gasteiger partial charge in [0.1, 0.15) is 0 Å². The molecular weight excluding hydrogens is 526 g/mol. The Hall–Kier alpha value is -2.24. The van der Waals surface area contributed by atoms with Crippen LogP contribution in [0, 0.1) is 0 Å². The summed E-state index contributed by atoms with van der Waals surface area (Å²) in [5.74, 6) is -2.62. The Morgan fingerprint density at radius 1 is 0.513 bits per heavy atom. The van der Waals surface area contributed by atoms with Gasteiger partial charge in [-0.3, -0.25) is 14.4 Å². The highest BCUT2D eigenvalue weighted by molar-refractivity contribution is 6.01. The monoisotopic (exact) mass is 567 g/mol. The van der Waals surface area contributed by atoms with Gasteiger partial charge in [-0.05, 0) is 0 Å². The van der Waals surface area contributed by atoms with Gasteiger partial charge in [0.05, 0.1) is 119 Å². The van der Waals surface area contributed by atoms with Crippen LogP contribution in [-0.4, -0.2) is 140 Å². The molecule has 39 heavy (non-hydrogen) atoms. The number of amides is 2. The zero-order valence-electron chi connectivity index (χ0n) is 22.3. The van der Waals surface area contributed by atoms with Gasteiger partial charge in [-0.1, -0.05) is 0 Å². The van der Waals surface area contributed by atoms with E-state index in [0.717, 1.165) is 0 Å². The molecule has 2 amide bonds. The zero-order chi connectivity index (χ0) is 28.4. The van der Waals surface area contributed by atoms with E-state index in [1.54, 1.807) is 0 Å². The van der Waals surface area contributed by atoms with Gasteiger partial charge in [0.2, 0.25) is 0 Å². The third-order valence-corrected chi connectivity index (χ3v) is 4.71. The van der Waals surface area contributed by atoms with E-state index in [-0.39, 0.29) is 45.5 Å². The van der Waals surface area contributed by atoms with Crippen LogP contribution >= 0.6 is 0 Å². The molecule has 1 heterocycles. The summed E-state index contributed by atoms with van der Waals surface area (Å²) in [7, 11) is 0. The number of hydroxylamine groups is 2. The normalized spacial score (nSPS) is 13.4. The molecule has 0 saturated carbocycles. The maximum atomic E-state index is 11.6. The summed E-state index contributed by atoms with van der Waals surface area (Å²) in [5.41, 5.74) is 0. The number of aliphatic carboxylic acids is 1. The number of carbonyl (C=O) groups excluding carboxylic acids is 3. The predicted molar refractivity (Wildman–Crippen MR) is 131 cm³/mol. The average Bonchev–Trinajstić information content (AvgIpc) is 3.22. The smallest absolute Gasteiger partial charge is 0.335 e. The van der Waals surface area contributed by atoms with E-state index < -0.39 is 23.8 Å². The molecule has 0 spiro atoms. The summed E-state index contributed by atoms with van der Waals surface area (Å²) >= 11 is 0. The van der Waals surface area contributed by atoms with Gasteiger partial charge in [-0.25, -0.2) is 4.79 Å². The molecule has 15 nitrogen and oxygen atoms in total. The molecule has 0 aromatic rings. The molecule has 1 fully saturated rings. The van der Waals surface area contributed by atoms with E-state index in [2.05, 4.69) is 0 Å². The predicted octanol–water partition coefficient (Wildman–Crippen LogP) is -0.409. The Morgan fingerprint density at radius 2 is 0.795 bits per heavy atom. The summed E-state index contributed by atoms with van der Waals surface area (Å²) < 4.78 is 42.5. The van der Waals surface area contributed by atoms with Crippen LogP contribution in [0.15, 0.2) is 0 Å². The standard InChI is InChI=1S/C24H41NO14/c26-21-1-2-22(27)25(21)39-24(30)4-6-32-8-10-34-12-14-36-16-18-38-20-19-37-17-15-35-13-11-33-9-7-31-5-3-23(28)29/h1-20H2,(H,28,29). The Bertz CT molecular complexity index is 661. The second kappa shape index (κ2) is 24.8. The van der Waals surface area contributed by atoms with E-state index in [1.165, 1.54) is 0 Å². The third-order valence-electron chi connectivity index (χ3n) is 4.71. The SMILES string of the molecule is O=C(O)CCOCCOCCOCCOCCOCCOCCOCCOCCC(=O)ON1C(=O)CCC1=O. The first kappa shape index (κ1) is 34.8. The van der Waals surface area contributed by atoms with Crippen LogP contribution in [0.5, 0.6) is 0 Å². The molecule has 0 aromatic carbocycles. The van der Waals surface area contributed by atoms with Crippen molar-refractivity contribution in [1.29, 1.82) is 0 Å². The van der Waals surface area contributed by atoms with Crippen molar-refractivity contribution < 1.29 is 67.0 Å². The fourth-order valence-corrected chi connectivity index (χ4v) is 2.76. The number of nitrogens with zero attached hydrogens (tertiary/aromatic N) is 1. The Morgan fingerprint density at radius 3 is 1.10 bits per heavy atom. The first-order valence-electron chi connectivity index (χ1n) is 12.9. The zero-order valence-corrected chi connectivity index (χ0v) is 22.3. The van der Waals surface area contributed by atoms with E-state index in [4.69, 9.17) is 47.8 Å². The number of carbonyl (C=O) groups is 4. The molecule has 0 atom stereocenters. The van der Waals surface area contributed by atoms with E-state index >= 15 is 0 Å². The Kier molecular flexibility index (Phi) is 22.1. The molecule has 1 aliphatic rings. The lowest BCUT2D eigenvalue weighted by atomic mass is 10.4. The van der Waals surface area contributed by atoms with Crippen molar-refractivity contribution in [2.24, 2.45) is 0 Å². The quantitative estimate of drug-likeness (QED) is 0.0954. The highest BCUT2D eigenvalue weighted by Gasteiger charge is 2.32. The number of imide groups is 1. The van der Waals surface area contributed by atoms with Crippen LogP contribution in [0.4, 0.5) is 0 Å². The highest BCUT2D eigenvalue weighted by Crippen LogP contribution is 2.12. The number of hydrogen-bond acceptors (Lipinski definition) is 13. The molecule has 0 unspecified atom stereocenters. The van der Waals surface area contributed by atoms with Crippen molar-refractivity contribution in [3.8, 4) is 0 Å². The maximum Gasteiger partial charge on any atom is 0.335 e. The second-order valence-electron chi connectivity index (χ2n) is 7.84. The molecule has 0 aromatic heterocycles. The minimum absolute atomic E-state index is 0.0144. The van der Waals surface area contributed by atoms with E-state index in [0.29, 0.717) is 91.0 Å². The van der Waals surface area contributed by atoms with Gasteiger partial charge in [0.25, 0.3) is 11.8 Å². The number of hydrogen-bond donors (Lipinski definition) is 1. The highest BCUT2D eigenvalue weighted by atomic mass is 16.7. The van der Waals surface area contributed by atoms with Crippen LogP contribution < -0.4 is 0 Å². The third kappa shape index (κ3) is 21.3. The van der Waals surface area contributed by atoms with Crippen LogP contribution in [0.3, 0.4) is 0 Å². The van der Waals surface area contributed by atoms with Gasteiger partial charge in [0, 0.05) is 12.8 Å². The van der Waals surface area contributed by atoms with Crippen LogP contribution in [-0.2, 0) is 61.9 Å². The fraction of sp³-hybridized carbons (Fsp3) is 0.833. The molecule has 0 aliphatic carbocycles. The van der Waals surface area contributed by atoms with Gasteiger partial charge in [-0.2, -0.15) is 0 Å². The Labute approximate surface area is 227 Å². The number of rotatable bonds is 28. The average molecular weight is 568 g/mol. The Balaban J connectivity index is 1.69. The first-order valence-corrected chi connectivity index (χ1v) is 12.9. The van der Waals surface area contributed by atoms with E-state index in [1.807, 2.05) is 0 Å².